The molecule has 0 amide bonds. The predicted octanol–water partition coefficient (Wildman–Crippen LogP) is -0.619. The van der Waals surface area contributed by atoms with Crippen LogP contribution in [0, 0.1) is 44.9 Å². The van der Waals surface area contributed by atoms with E-state index in [-0.39, 0.29) is 0 Å². The van der Waals surface area contributed by atoms with Gasteiger partial charge in [-0.15, -0.1) is 0 Å². The summed E-state index contributed by atoms with van der Waals surface area (Å²) < 4.78 is 35.1. The minimum atomic E-state index is -4.69. The molecule has 0 unspecified atom stereocenters. The normalized spacial score (nSPS) is 11.0. The summed E-state index contributed by atoms with van der Waals surface area (Å²) in [5.41, 5.74) is 7.89. The van der Waals surface area contributed by atoms with E-state index in [0.717, 1.165) is 0 Å². The number of nitrogens with zero attached hydrogens (tertiary/aromatic N) is 1. The number of pyridine rings is 1. The van der Waals surface area contributed by atoms with Gasteiger partial charge in [0.2, 0.25) is 5.69 Å². The Bertz CT molecular complexity index is 637. The molecule has 0 saturated carbocycles. The summed E-state index contributed by atoms with van der Waals surface area (Å²) in [7, 11) is -4.69. The van der Waals surface area contributed by atoms with Gasteiger partial charge in [0.1, 0.15) is 0 Å². The van der Waals surface area contributed by atoms with Gasteiger partial charge in [0.05, 0.1) is 14.9 Å². The van der Waals surface area contributed by atoms with Gasteiger partial charge in [-0.05, 0) is 31.9 Å². The van der Waals surface area contributed by atoms with Crippen molar-refractivity contribution in [1.29, 1.82) is 0 Å². The molecular weight excluding hydrogens is 306 g/mol. The first kappa shape index (κ1) is 18.5. The highest BCUT2D eigenvalue weighted by atomic mass is 35.7. The van der Waals surface area contributed by atoms with E-state index in [1.54, 1.807) is 0 Å². The molecular formula is C16H21ClNO4+. The maximum atomic E-state index is 8.60. The number of aromatic nitrogens is 1. The second kappa shape index (κ2) is 7.17. The average molecular weight is 327 g/mol. The fraction of sp³-hybridized carbons (Fsp3) is 0.312. The lowest BCUT2D eigenvalue weighted by atomic mass is 10.1. The van der Waals surface area contributed by atoms with Crippen LogP contribution in [0.5, 0.6) is 0 Å². The standard InChI is InChI=1S/C16H20N.ClHO4/c1-11-9-13(3)17(14(4)10-11)16-8-6-7-12(2)15(16)5;2-1(3,4)5/h6-10H,1-5H3;(H,2,3,4,5)/q+1;. The smallest absolute Gasteiger partial charge is 0.183 e. The molecule has 0 saturated heterocycles. The first-order valence-electron chi connectivity index (χ1n) is 6.70. The zero-order valence-electron chi connectivity index (χ0n) is 13.4. The molecule has 1 aromatic carbocycles. The molecule has 0 aliphatic rings. The quantitative estimate of drug-likeness (QED) is 0.707. The highest BCUT2D eigenvalue weighted by Gasteiger charge is 2.17. The van der Waals surface area contributed by atoms with Crippen LogP contribution in [0.15, 0.2) is 30.3 Å². The zero-order valence-corrected chi connectivity index (χ0v) is 14.1. The first-order chi connectivity index (χ1) is 10.0. The van der Waals surface area contributed by atoms with Gasteiger partial charge >= 0.3 is 0 Å². The van der Waals surface area contributed by atoms with Crippen LogP contribution in [0.3, 0.4) is 0 Å². The van der Waals surface area contributed by atoms with Gasteiger partial charge in [-0.2, -0.15) is 18.5 Å². The summed E-state index contributed by atoms with van der Waals surface area (Å²) in [5, 5.41) is 0. The number of halogens is 1. The fourth-order valence-electron chi connectivity index (χ4n) is 2.47. The van der Waals surface area contributed by atoms with Crippen molar-refractivity contribution in [3.05, 3.63) is 58.4 Å². The Labute approximate surface area is 132 Å². The van der Waals surface area contributed by atoms with Gasteiger partial charge in [0.15, 0.2) is 11.4 Å². The van der Waals surface area contributed by atoms with Crippen LogP contribution < -0.4 is 18.5 Å². The molecule has 6 heteroatoms. The molecule has 5 nitrogen and oxygen atoms in total. The van der Waals surface area contributed by atoms with Gasteiger partial charge in [0, 0.05) is 37.6 Å². The molecule has 1 heterocycles. The van der Waals surface area contributed by atoms with E-state index in [2.05, 4.69) is 69.5 Å². The molecule has 2 aromatic rings. The summed E-state index contributed by atoms with van der Waals surface area (Å²) >= 11 is 0. The van der Waals surface area contributed by atoms with Gasteiger partial charge in [-0.1, -0.05) is 12.1 Å². The maximum absolute atomic E-state index is 8.60. The second-order valence-corrected chi connectivity index (χ2v) is 6.06. The molecule has 0 bridgehead atoms. The molecule has 1 N–H and O–H groups in total. The summed E-state index contributed by atoms with van der Waals surface area (Å²) in [6.45, 7) is 10.8. The molecule has 2 rings (SSSR count). The molecule has 0 aliphatic carbocycles. The number of hydrogen-bond acceptors (Lipinski definition) is 4. The van der Waals surface area contributed by atoms with Gasteiger partial charge in [-0.25, -0.2) is 0 Å². The summed E-state index contributed by atoms with van der Waals surface area (Å²) in [5.74, 6) is 0. The maximum Gasteiger partial charge on any atom is 0.214 e. The monoisotopic (exact) mass is 326 g/mol. The Morgan fingerprint density at radius 2 is 1.36 bits per heavy atom. The molecule has 0 radical (unpaired) electrons. The molecule has 0 spiro atoms. The Morgan fingerprint density at radius 3 is 1.82 bits per heavy atom. The van der Waals surface area contributed by atoms with Crippen molar-refractivity contribution in [3.63, 3.8) is 0 Å². The van der Waals surface area contributed by atoms with E-state index in [0.29, 0.717) is 0 Å². The van der Waals surface area contributed by atoms with Crippen LogP contribution in [-0.4, -0.2) is 4.66 Å². The average Bonchev–Trinajstić information content (AvgIpc) is 2.31. The molecule has 0 fully saturated rings. The van der Waals surface area contributed by atoms with Crippen LogP contribution in [0.2, 0.25) is 0 Å². The fourth-order valence-corrected chi connectivity index (χ4v) is 2.47. The second-order valence-electron chi connectivity index (χ2n) is 5.27. The van der Waals surface area contributed by atoms with Crippen LogP contribution in [0.4, 0.5) is 0 Å². The zero-order chi connectivity index (χ0) is 17.1. The van der Waals surface area contributed by atoms with Gasteiger partial charge in [-0.3, -0.25) is 0 Å². The third-order valence-corrected chi connectivity index (χ3v) is 3.40. The van der Waals surface area contributed by atoms with Crippen LogP contribution in [-0.2, 0) is 0 Å². The molecule has 1 aromatic heterocycles. The van der Waals surface area contributed by atoms with Crippen molar-refractivity contribution in [2.75, 3.05) is 0 Å². The largest absolute Gasteiger partial charge is 0.214 e. The minimum Gasteiger partial charge on any atom is -0.183 e. The molecule has 0 atom stereocenters. The summed E-state index contributed by atoms with van der Waals surface area (Å²) in [6, 6.07) is 10.9. The van der Waals surface area contributed by atoms with Crippen molar-refractivity contribution in [2.45, 2.75) is 34.6 Å². The van der Waals surface area contributed by atoms with E-state index in [9.17, 15) is 0 Å². The number of hydrogen-bond donors (Lipinski definition) is 1. The van der Waals surface area contributed by atoms with Crippen LogP contribution in [0.25, 0.3) is 5.69 Å². The Morgan fingerprint density at radius 1 is 0.909 bits per heavy atom. The Hall–Kier alpha value is -1.50. The molecule has 120 valence electrons. The third-order valence-electron chi connectivity index (χ3n) is 3.40. The highest BCUT2D eigenvalue weighted by molar-refractivity contribution is 5.39. The summed E-state index contributed by atoms with van der Waals surface area (Å²) in [4.78, 5) is 0. The van der Waals surface area contributed by atoms with Crippen LogP contribution in [0.1, 0.15) is 28.1 Å². The SMILES string of the molecule is Cc1cc(C)[n+](-c2cccc(C)c2C)c(C)c1.[O-][Cl+3]([O-])([O-])O. The molecule has 22 heavy (non-hydrogen) atoms. The minimum absolute atomic E-state index is 1.29. The van der Waals surface area contributed by atoms with E-state index in [1.165, 1.54) is 33.8 Å². The van der Waals surface area contributed by atoms with Crippen molar-refractivity contribution >= 4 is 0 Å². The third kappa shape index (κ3) is 5.36. The first-order valence-corrected chi connectivity index (χ1v) is 7.97. The van der Waals surface area contributed by atoms with Crippen molar-refractivity contribution in [1.82, 2.24) is 0 Å². The summed E-state index contributed by atoms with van der Waals surface area (Å²) in [6.07, 6.45) is 0. The topological polar surface area (TPSA) is 93.3 Å². The van der Waals surface area contributed by atoms with E-state index in [4.69, 9.17) is 18.6 Å². The number of aryl methyl sites for hydroxylation is 4. The number of benzene rings is 1. The number of rotatable bonds is 1. The van der Waals surface area contributed by atoms with E-state index < -0.39 is 10.2 Å². The van der Waals surface area contributed by atoms with E-state index in [1.807, 2.05) is 0 Å². The molecule has 0 aliphatic heterocycles. The Balaban J connectivity index is 0.000000422. The lowest BCUT2D eigenvalue weighted by Crippen LogP contribution is -2.58. The highest BCUT2D eigenvalue weighted by Crippen LogP contribution is 2.15. The van der Waals surface area contributed by atoms with Crippen molar-refractivity contribution in [2.24, 2.45) is 0 Å². The lowest BCUT2D eigenvalue weighted by Gasteiger charge is -2.08. The lowest BCUT2D eigenvalue weighted by molar-refractivity contribution is -1.92. The van der Waals surface area contributed by atoms with Crippen molar-refractivity contribution < 1.29 is 33.4 Å². The van der Waals surface area contributed by atoms with Crippen LogP contribution >= 0.6 is 0 Å². The predicted molar refractivity (Wildman–Crippen MR) is 73.9 cm³/mol. The van der Waals surface area contributed by atoms with E-state index >= 15 is 0 Å². The van der Waals surface area contributed by atoms with Gasteiger partial charge in [0.25, 0.3) is 0 Å². The van der Waals surface area contributed by atoms with Gasteiger partial charge < -0.3 is 0 Å². The van der Waals surface area contributed by atoms with Crippen molar-refractivity contribution in [3.8, 4) is 5.69 Å². The Kier molecular flexibility index (Phi) is 6.05.